The maximum absolute atomic E-state index is 11.3. The Balaban J connectivity index is 0. The molecule has 0 aliphatic heterocycles. The molecule has 0 heterocycles. The highest BCUT2D eigenvalue weighted by Crippen LogP contribution is 1.98. The average Bonchev–Trinajstić information content (AvgIpc) is 2.56. The second-order valence-electron chi connectivity index (χ2n) is 4.78. The summed E-state index contributed by atoms with van der Waals surface area (Å²) in [6, 6.07) is -0.916. The number of rotatable bonds is 9. The smallest absolute Gasteiger partial charge is 0.335 e. The van der Waals surface area contributed by atoms with Gasteiger partial charge in [0.05, 0.1) is 20.6 Å². The van der Waals surface area contributed by atoms with Crippen molar-refractivity contribution in [2.45, 2.75) is 58.1 Å². The molecule has 0 bridgehead atoms. The van der Waals surface area contributed by atoms with Crippen LogP contribution in [0.3, 0.4) is 0 Å². The lowest BCUT2D eigenvalue weighted by Gasteiger charge is -2.15. The number of ether oxygens (including phenoxy) is 2. The number of hydrogen-bond acceptors (Lipinski definition) is 7. The summed E-state index contributed by atoms with van der Waals surface area (Å²) in [7, 11) is 2.27. The average molecular weight is 351 g/mol. The lowest BCUT2D eigenvalue weighted by atomic mass is 10.2. The minimum absolute atomic E-state index is 0.0483. The van der Waals surface area contributed by atoms with Crippen molar-refractivity contribution in [1.82, 2.24) is 5.32 Å². The lowest BCUT2D eigenvalue weighted by molar-refractivity contribution is -0.152. The first-order valence-electron chi connectivity index (χ1n) is 7.61. The van der Waals surface area contributed by atoms with Gasteiger partial charge in [0.1, 0.15) is 6.04 Å². The second-order valence-corrected chi connectivity index (χ2v) is 5.14. The molecule has 0 rings (SSSR count). The van der Waals surface area contributed by atoms with E-state index in [1.165, 1.54) is 32.8 Å². The van der Waals surface area contributed by atoms with Crippen LogP contribution in [-0.4, -0.2) is 55.1 Å². The van der Waals surface area contributed by atoms with Gasteiger partial charge in [0.2, 0.25) is 5.91 Å². The Morgan fingerprint density at radius 2 is 1.52 bits per heavy atom. The van der Waals surface area contributed by atoms with Crippen LogP contribution in [0, 0.1) is 0 Å². The van der Waals surface area contributed by atoms with E-state index in [0.29, 0.717) is 0 Å². The number of carbonyl (C=O) groups is 3. The van der Waals surface area contributed by atoms with Gasteiger partial charge in [0.25, 0.3) is 0 Å². The van der Waals surface area contributed by atoms with Gasteiger partial charge in [-0.05, 0) is 0 Å². The van der Waals surface area contributed by atoms with Gasteiger partial charge in [-0.3, -0.25) is 4.79 Å². The molecule has 136 valence electrons. The van der Waals surface area contributed by atoms with Crippen LogP contribution < -0.4 is 5.32 Å². The Bertz CT molecular complexity index is 347. The monoisotopic (exact) mass is 351 g/mol. The van der Waals surface area contributed by atoms with Gasteiger partial charge in [-0.15, -0.1) is 0 Å². The molecule has 7 nitrogen and oxygen atoms in total. The van der Waals surface area contributed by atoms with E-state index in [0.717, 1.165) is 7.11 Å². The van der Waals surface area contributed by atoms with Crippen LogP contribution in [0.2, 0.25) is 0 Å². The molecule has 8 heteroatoms. The van der Waals surface area contributed by atoms with Crippen LogP contribution in [0.4, 0.5) is 0 Å². The second kappa shape index (κ2) is 15.6. The zero-order chi connectivity index (χ0) is 18.3. The summed E-state index contributed by atoms with van der Waals surface area (Å²) < 4.78 is 8.66. The minimum atomic E-state index is -1.56. The molecule has 23 heavy (non-hydrogen) atoms. The highest BCUT2D eigenvalue weighted by atomic mass is 32.1. The molecule has 2 N–H and O–H groups in total. The van der Waals surface area contributed by atoms with Gasteiger partial charge in [-0.1, -0.05) is 39.5 Å². The largest absolute Gasteiger partial charge is 0.467 e. The standard InChI is InChI=1S/C9H15NO6S.C6H14/c1-15-8(13)5(4-17)10-7(12)3-6(11)9(14)16-2;1-3-5-6-4-2/h5-6,11,17H,3-4H2,1-2H3,(H,10,12);3-6H2,1-2H3/t5-,6+;/m0./s1. The summed E-state index contributed by atoms with van der Waals surface area (Å²) in [5.41, 5.74) is 0. The minimum Gasteiger partial charge on any atom is -0.467 e. The number of hydrogen-bond donors (Lipinski definition) is 3. The molecule has 0 aromatic rings. The molecule has 0 saturated carbocycles. The number of thiol groups is 1. The van der Waals surface area contributed by atoms with Gasteiger partial charge < -0.3 is 19.9 Å². The number of esters is 2. The number of aliphatic hydroxyl groups excluding tert-OH is 1. The highest BCUT2D eigenvalue weighted by Gasteiger charge is 2.24. The van der Waals surface area contributed by atoms with E-state index in [9.17, 15) is 19.5 Å². The molecule has 0 saturated heterocycles. The summed E-state index contributed by atoms with van der Waals surface area (Å²) >= 11 is 3.86. The topological polar surface area (TPSA) is 102 Å². The van der Waals surface area contributed by atoms with Gasteiger partial charge in [0.15, 0.2) is 6.10 Å². The fraction of sp³-hybridized carbons (Fsp3) is 0.800. The quantitative estimate of drug-likeness (QED) is 0.326. The Morgan fingerprint density at radius 1 is 1.04 bits per heavy atom. The van der Waals surface area contributed by atoms with Crippen LogP contribution in [0.5, 0.6) is 0 Å². The van der Waals surface area contributed by atoms with E-state index in [2.05, 4.69) is 41.3 Å². The summed E-state index contributed by atoms with van der Waals surface area (Å²) in [4.78, 5) is 33.3. The molecular formula is C15H29NO6S. The zero-order valence-corrected chi connectivity index (χ0v) is 15.2. The first-order chi connectivity index (χ1) is 10.9. The van der Waals surface area contributed by atoms with E-state index >= 15 is 0 Å². The van der Waals surface area contributed by atoms with Crippen molar-refractivity contribution in [3.05, 3.63) is 0 Å². The number of methoxy groups -OCH3 is 2. The fourth-order valence-corrected chi connectivity index (χ4v) is 1.71. The van der Waals surface area contributed by atoms with Crippen LogP contribution in [-0.2, 0) is 23.9 Å². The first kappa shape index (κ1) is 24.0. The molecule has 0 fully saturated rings. The molecule has 0 aromatic carbocycles. The van der Waals surface area contributed by atoms with Crippen LogP contribution in [0.25, 0.3) is 0 Å². The molecule has 0 radical (unpaired) electrons. The van der Waals surface area contributed by atoms with Crippen molar-refractivity contribution in [2.24, 2.45) is 0 Å². The van der Waals surface area contributed by atoms with Crippen LogP contribution in [0.1, 0.15) is 46.0 Å². The number of carbonyl (C=O) groups excluding carboxylic acids is 3. The molecule has 0 aliphatic carbocycles. The van der Waals surface area contributed by atoms with Crippen molar-refractivity contribution in [2.75, 3.05) is 20.0 Å². The molecule has 0 unspecified atom stereocenters. The predicted molar refractivity (Wildman–Crippen MR) is 90.3 cm³/mol. The van der Waals surface area contributed by atoms with Crippen LogP contribution >= 0.6 is 12.6 Å². The summed E-state index contributed by atoms with van der Waals surface area (Å²) in [6.45, 7) is 4.46. The Kier molecular flexibility index (Phi) is 16.3. The van der Waals surface area contributed by atoms with Gasteiger partial charge in [0, 0.05) is 5.75 Å². The summed E-state index contributed by atoms with van der Waals surface area (Å²) in [5.74, 6) is -2.19. The van der Waals surface area contributed by atoms with Gasteiger partial charge in [-0.2, -0.15) is 12.6 Å². The predicted octanol–water partition coefficient (Wildman–Crippen LogP) is 1.08. The van der Waals surface area contributed by atoms with E-state index in [-0.39, 0.29) is 5.75 Å². The van der Waals surface area contributed by atoms with Gasteiger partial charge in [-0.25, -0.2) is 9.59 Å². The van der Waals surface area contributed by atoms with E-state index in [4.69, 9.17) is 0 Å². The number of aliphatic hydroxyl groups is 1. The van der Waals surface area contributed by atoms with Crippen molar-refractivity contribution in [3.8, 4) is 0 Å². The van der Waals surface area contributed by atoms with Crippen LogP contribution in [0.15, 0.2) is 0 Å². The van der Waals surface area contributed by atoms with Gasteiger partial charge >= 0.3 is 11.9 Å². The number of unbranched alkanes of at least 4 members (excludes halogenated alkanes) is 3. The Morgan fingerprint density at radius 3 is 1.87 bits per heavy atom. The third-order valence-corrected chi connectivity index (χ3v) is 3.18. The Labute approximate surface area is 143 Å². The van der Waals surface area contributed by atoms with E-state index in [1.54, 1.807) is 0 Å². The van der Waals surface area contributed by atoms with Crippen molar-refractivity contribution in [1.29, 1.82) is 0 Å². The van der Waals surface area contributed by atoms with Crippen molar-refractivity contribution >= 4 is 30.5 Å². The molecule has 1 amide bonds. The third-order valence-electron chi connectivity index (χ3n) is 2.81. The molecule has 0 spiro atoms. The van der Waals surface area contributed by atoms with Crippen molar-refractivity contribution in [3.63, 3.8) is 0 Å². The number of nitrogens with one attached hydrogen (secondary N) is 1. The SMILES string of the molecule is CCCCCC.COC(=O)[C@H](O)CC(=O)N[C@@H](CS)C(=O)OC. The molecule has 0 aliphatic rings. The van der Waals surface area contributed by atoms with E-state index < -0.39 is 36.4 Å². The van der Waals surface area contributed by atoms with Crippen molar-refractivity contribution < 1.29 is 29.0 Å². The fourth-order valence-electron chi connectivity index (χ4n) is 1.47. The summed E-state index contributed by atoms with van der Waals surface area (Å²) in [6.07, 6.45) is 3.49. The summed E-state index contributed by atoms with van der Waals surface area (Å²) in [5, 5.41) is 11.5. The normalized spacial score (nSPS) is 12.3. The molecular weight excluding hydrogens is 322 g/mol. The number of amides is 1. The molecule has 0 aromatic heterocycles. The Hall–Kier alpha value is -1.28. The maximum atomic E-state index is 11.3. The molecule has 2 atom stereocenters. The first-order valence-corrected chi connectivity index (χ1v) is 8.24. The third kappa shape index (κ3) is 12.9. The van der Waals surface area contributed by atoms with E-state index in [1.807, 2.05) is 0 Å². The highest BCUT2D eigenvalue weighted by molar-refractivity contribution is 7.80. The maximum Gasteiger partial charge on any atom is 0.335 e. The zero-order valence-electron chi connectivity index (χ0n) is 14.3. The lowest BCUT2D eigenvalue weighted by Crippen LogP contribution is -2.44.